The predicted molar refractivity (Wildman–Crippen MR) is 78.7 cm³/mol. The first-order valence-electron chi connectivity index (χ1n) is 6.55. The lowest BCUT2D eigenvalue weighted by Gasteiger charge is -2.18. The Labute approximate surface area is 117 Å². The van der Waals surface area contributed by atoms with Crippen molar-refractivity contribution in [3.8, 4) is 0 Å². The van der Waals surface area contributed by atoms with Gasteiger partial charge in [-0.1, -0.05) is 37.3 Å². The fraction of sp³-hybridized carbons (Fsp3) is 0.267. The van der Waals surface area contributed by atoms with Crippen LogP contribution in [0.4, 0.5) is 11.5 Å². The van der Waals surface area contributed by atoms with E-state index in [1.165, 1.54) is 6.07 Å². The zero-order chi connectivity index (χ0) is 14.5. The molecule has 0 bridgehead atoms. The van der Waals surface area contributed by atoms with E-state index in [9.17, 15) is 10.1 Å². The Morgan fingerprint density at radius 1 is 1.25 bits per heavy atom. The maximum atomic E-state index is 11.1. The molecular formula is C15H17N3O2. The molecule has 20 heavy (non-hydrogen) atoms. The van der Waals surface area contributed by atoms with E-state index in [0.717, 1.165) is 17.7 Å². The van der Waals surface area contributed by atoms with Crippen LogP contribution in [-0.2, 0) is 0 Å². The van der Waals surface area contributed by atoms with E-state index in [-0.39, 0.29) is 11.7 Å². The highest BCUT2D eigenvalue weighted by Crippen LogP contribution is 2.28. The monoisotopic (exact) mass is 271 g/mol. The van der Waals surface area contributed by atoms with Crippen molar-refractivity contribution in [3.63, 3.8) is 0 Å². The van der Waals surface area contributed by atoms with Crippen molar-refractivity contribution < 1.29 is 4.92 Å². The maximum Gasteiger partial charge on any atom is 0.311 e. The van der Waals surface area contributed by atoms with Gasteiger partial charge in [0.2, 0.25) is 5.82 Å². The SMILES string of the molecule is CCC(Nc1nc(C)ccc1[N+](=O)[O-])c1ccccc1. The third-order valence-electron chi connectivity index (χ3n) is 3.13. The number of hydrogen-bond donors (Lipinski definition) is 1. The van der Waals surface area contributed by atoms with Crippen LogP contribution in [-0.4, -0.2) is 9.91 Å². The number of nitrogens with one attached hydrogen (secondary N) is 1. The number of aromatic nitrogens is 1. The Morgan fingerprint density at radius 2 is 1.95 bits per heavy atom. The Hall–Kier alpha value is -2.43. The van der Waals surface area contributed by atoms with Crippen LogP contribution in [0.3, 0.4) is 0 Å². The van der Waals surface area contributed by atoms with E-state index >= 15 is 0 Å². The summed E-state index contributed by atoms with van der Waals surface area (Å²) in [5.41, 5.74) is 1.85. The lowest BCUT2D eigenvalue weighted by Crippen LogP contribution is -2.12. The van der Waals surface area contributed by atoms with Crippen LogP contribution in [0.2, 0.25) is 0 Å². The van der Waals surface area contributed by atoms with E-state index in [2.05, 4.69) is 10.3 Å². The van der Waals surface area contributed by atoms with Gasteiger partial charge in [-0.2, -0.15) is 0 Å². The molecule has 0 radical (unpaired) electrons. The van der Waals surface area contributed by atoms with E-state index in [0.29, 0.717) is 5.82 Å². The topological polar surface area (TPSA) is 68.1 Å². The van der Waals surface area contributed by atoms with Gasteiger partial charge in [0.15, 0.2) is 0 Å². The highest BCUT2D eigenvalue weighted by molar-refractivity contribution is 5.57. The number of pyridine rings is 1. The van der Waals surface area contributed by atoms with Crippen LogP contribution < -0.4 is 5.32 Å². The molecule has 2 aromatic rings. The molecule has 1 atom stereocenters. The molecule has 1 aromatic carbocycles. The largest absolute Gasteiger partial charge is 0.358 e. The van der Waals surface area contributed by atoms with Crippen LogP contribution in [0.15, 0.2) is 42.5 Å². The Balaban J connectivity index is 2.32. The number of rotatable bonds is 5. The zero-order valence-electron chi connectivity index (χ0n) is 11.5. The summed E-state index contributed by atoms with van der Waals surface area (Å²) in [6.45, 7) is 3.85. The molecule has 1 N–H and O–H groups in total. The molecule has 5 nitrogen and oxygen atoms in total. The number of benzene rings is 1. The Kier molecular flexibility index (Phi) is 4.30. The molecule has 1 unspecified atom stereocenters. The van der Waals surface area contributed by atoms with Gasteiger partial charge in [-0.3, -0.25) is 10.1 Å². The van der Waals surface area contributed by atoms with Gasteiger partial charge in [-0.15, -0.1) is 0 Å². The molecule has 2 rings (SSSR count). The van der Waals surface area contributed by atoms with Crippen molar-refractivity contribution in [3.05, 3.63) is 63.8 Å². The molecule has 0 saturated heterocycles. The van der Waals surface area contributed by atoms with Crippen LogP contribution in [0.25, 0.3) is 0 Å². The summed E-state index contributed by atoms with van der Waals surface area (Å²) in [6, 6.07) is 13.0. The average Bonchev–Trinajstić information content (AvgIpc) is 2.45. The third kappa shape index (κ3) is 3.12. The van der Waals surface area contributed by atoms with Crippen molar-refractivity contribution in [2.75, 3.05) is 5.32 Å². The number of nitrogens with zero attached hydrogens (tertiary/aromatic N) is 2. The summed E-state index contributed by atoms with van der Waals surface area (Å²) in [7, 11) is 0. The molecule has 1 heterocycles. The highest BCUT2D eigenvalue weighted by atomic mass is 16.6. The van der Waals surface area contributed by atoms with Gasteiger partial charge in [-0.25, -0.2) is 4.98 Å². The van der Waals surface area contributed by atoms with E-state index in [4.69, 9.17) is 0 Å². The van der Waals surface area contributed by atoms with Crippen LogP contribution in [0.1, 0.15) is 30.6 Å². The fourth-order valence-corrected chi connectivity index (χ4v) is 2.07. The summed E-state index contributed by atoms with van der Waals surface area (Å²) in [6.07, 6.45) is 0.816. The first kappa shape index (κ1) is 14.0. The summed E-state index contributed by atoms with van der Waals surface area (Å²) >= 11 is 0. The Bertz CT molecular complexity index is 599. The average molecular weight is 271 g/mol. The highest BCUT2D eigenvalue weighted by Gasteiger charge is 2.18. The molecular weight excluding hydrogens is 254 g/mol. The minimum atomic E-state index is -0.410. The first-order chi connectivity index (χ1) is 9.61. The summed E-state index contributed by atoms with van der Waals surface area (Å²) < 4.78 is 0. The molecule has 104 valence electrons. The van der Waals surface area contributed by atoms with Gasteiger partial charge in [0.1, 0.15) is 0 Å². The molecule has 0 aliphatic heterocycles. The molecule has 5 heteroatoms. The maximum absolute atomic E-state index is 11.1. The number of aryl methyl sites for hydroxylation is 1. The molecule has 0 aliphatic rings. The molecule has 0 saturated carbocycles. The fourth-order valence-electron chi connectivity index (χ4n) is 2.07. The summed E-state index contributed by atoms with van der Waals surface area (Å²) in [5, 5.41) is 14.2. The van der Waals surface area contributed by atoms with Gasteiger partial charge in [0.05, 0.1) is 11.0 Å². The summed E-state index contributed by atoms with van der Waals surface area (Å²) in [4.78, 5) is 14.9. The molecule has 0 aliphatic carbocycles. The zero-order valence-corrected chi connectivity index (χ0v) is 11.5. The molecule has 1 aromatic heterocycles. The predicted octanol–water partition coefficient (Wildman–Crippen LogP) is 3.86. The van der Waals surface area contributed by atoms with Gasteiger partial charge in [0, 0.05) is 11.8 Å². The lowest BCUT2D eigenvalue weighted by atomic mass is 10.0. The van der Waals surface area contributed by atoms with E-state index in [1.54, 1.807) is 6.07 Å². The van der Waals surface area contributed by atoms with Crippen LogP contribution in [0.5, 0.6) is 0 Å². The molecule has 0 amide bonds. The number of hydrogen-bond acceptors (Lipinski definition) is 4. The van der Waals surface area contributed by atoms with E-state index < -0.39 is 4.92 Å². The number of nitro groups is 1. The second-order valence-corrected chi connectivity index (χ2v) is 4.59. The minimum Gasteiger partial charge on any atom is -0.358 e. The Morgan fingerprint density at radius 3 is 2.55 bits per heavy atom. The molecule has 0 fully saturated rings. The van der Waals surface area contributed by atoms with Crippen LogP contribution in [0, 0.1) is 17.0 Å². The minimum absolute atomic E-state index is 0.00389. The molecule has 0 spiro atoms. The standard InChI is InChI=1S/C15H17N3O2/c1-3-13(12-7-5-4-6-8-12)17-15-14(18(19)20)10-9-11(2)16-15/h4-10,13H,3H2,1-2H3,(H,16,17). The summed E-state index contributed by atoms with van der Waals surface area (Å²) in [5.74, 6) is 0.325. The first-order valence-corrected chi connectivity index (χ1v) is 6.55. The second kappa shape index (κ2) is 6.14. The van der Waals surface area contributed by atoms with Gasteiger partial charge in [0.25, 0.3) is 0 Å². The van der Waals surface area contributed by atoms with Gasteiger partial charge in [-0.05, 0) is 25.0 Å². The number of anilines is 1. The third-order valence-corrected chi connectivity index (χ3v) is 3.13. The van der Waals surface area contributed by atoms with E-state index in [1.807, 2.05) is 44.2 Å². The van der Waals surface area contributed by atoms with Crippen molar-refractivity contribution in [1.82, 2.24) is 4.98 Å². The smallest absolute Gasteiger partial charge is 0.311 e. The quantitative estimate of drug-likeness (QED) is 0.662. The van der Waals surface area contributed by atoms with Gasteiger partial charge < -0.3 is 5.32 Å². The van der Waals surface area contributed by atoms with Crippen molar-refractivity contribution in [1.29, 1.82) is 0 Å². The normalized spacial score (nSPS) is 11.9. The lowest BCUT2D eigenvalue weighted by molar-refractivity contribution is -0.384. The van der Waals surface area contributed by atoms with Crippen molar-refractivity contribution in [2.24, 2.45) is 0 Å². The van der Waals surface area contributed by atoms with Crippen molar-refractivity contribution >= 4 is 11.5 Å². The van der Waals surface area contributed by atoms with Gasteiger partial charge >= 0.3 is 5.69 Å². The second-order valence-electron chi connectivity index (χ2n) is 4.59. The van der Waals surface area contributed by atoms with Crippen LogP contribution >= 0.6 is 0 Å². The van der Waals surface area contributed by atoms with Crippen molar-refractivity contribution in [2.45, 2.75) is 26.3 Å².